The van der Waals surface area contributed by atoms with E-state index in [-0.39, 0.29) is 6.54 Å². The molecule has 3 nitrogen and oxygen atoms in total. The van der Waals surface area contributed by atoms with Crippen molar-refractivity contribution in [2.75, 3.05) is 6.54 Å². The number of fused-ring (bicyclic) bond motifs is 1. The van der Waals surface area contributed by atoms with Gasteiger partial charge in [-0.2, -0.15) is 0 Å². The van der Waals surface area contributed by atoms with Gasteiger partial charge < -0.3 is 10.8 Å². The van der Waals surface area contributed by atoms with E-state index < -0.39 is 6.10 Å². The van der Waals surface area contributed by atoms with Gasteiger partial charge in [0.1, 0.15) is 0 Å². The highest BCUT2D eigenvalue weighted by Crippen LogP contribution is 2.23. The zero-order valence-electron chi connectivity index (χ0n) is 8.64. The average molecular weight is 202 g/mol. The van der Waals surface area contributed by atoms with Crippen molar-refractivity contribution in [1.29, 1.82) is 0 Å². The van der Waals surface area contributed by atoms with E-state index in [1.807, 2.05) is 37.3 Å². The van der Waals surface area contributed by atoms with Gasteiger partial charge in [-0.05, 0) is 24.6 Å². The number of nitrogens with two attached hydrogens (primary N) is 1. The van der Waals surface area contributed by atoms with Gasteiger partial charge in [0.25, 0.3) is 0 Å². The summed E-state index contributed by atoms with van der Waals surface area (Å²) in [6.45, 7) is 2.15. The fraction of sp³-hybridized carbons (Fsp3) is 0.250. The first-order valence-electron chi connectivity index (χ1n) is 4.97. The van der Waals surface area contributed by atoms with Crippen LogP contribution >= 0.6 is 0 Å². The molecule has 0 spiro atoms. The van der Waals surface area contributed by atoms with Gasteiger partial charge in [-0.3, -0.25) is 4.98 Å². The first-order chi connectivity index (χ1) is 7.22. The summed E-state index contributed by atoms with van der Waals surface area (Å²) >= 11 is 0. The quantitative estimate of drug-likeness (QED) is 0.776. The second-order valence-electron chi connectivity index (χ2n) is 3.62. The summed E-state index contributed by atoms with van der Waals surface area (Å²) in [5.41, 5.74) is 8.14. The van der Waals surface area contributed by atoms with Gasteiger partial charge in [-0.15, -0.1) is 0 Å². The van der Waals surface area contributed by atoms with E-state index in [2.05, 4.69) is 4.98 Å². The Bertz CT molecular complexity index is 482. The van der Waals surface area contributed by atoms with Crippen LogP contribution in [0, 0.1) is 6.92 Å². The number of aromatic nitrogens is 1. The minimum atomic E-state index is -0.614. The summed E-state index contributed by atoms with van der Waals surface area (Å²) < 4.78 is 0. The van der Waals surface area contributed by atoms with E-state index in [1.54, 1.807) is 0 Å². The maximum atomic E-state index is 9.80. The molecule has 1 aromatic carbocycles. The zero-order chi connectivity index (χ0) is 10.8. The molecule has 15 heavy (non-hydrogen) atoms. The minimum absolute atomic E-state index is 0.230. The largest absolute Gasteiger partial charge is 0.387 e. The molecular formula is C12H14N2O. The van der Waals surface area contributed by atoms with E-state index in [9.17, 15) is 5.11 Å². The summed E-state index contributed by atoms with van der Waals surface area (Å²) in [6, 6.07) is 9.66. The Morgan fingerprint density at radius 1 is 1.40 bits per heavy atom. The average Bonchev–Trinajstić information content (AvgIpc) is 2.26. The Morgan fingerprint density at radius 3 is 2.87 bits per heavy atom. The Kier molecular flexibility index (Phi) is 2.66. The molecule has 3 heteroatoms. The number of nitrogens with zero attached hydrogens (tertiary/aromatic N) is 1. The fourth-order valence-electron chi connectivity index (χ4n) is 1.74. The van der Waals surface area contributed by atoms with E-state index in [0.717, 1.165) is 22.2 Å². The van der Waals surface area contributed by atoms with Crippen LogP contribution in [0.1, 0.15) is 17.4 Å². The van der Waals surface area contributed by atoms with Crippen LogP contribution in [-0.4, -0.2) is 16.6 Å². The number of aryl methyl sites for hydroxylation is 1. The predicted octanol–water partition coefficient (Wildman–Crippen LogP) is 1.54. The molecule has 78 valence electrons. The van der Waals surface area contributed by atoms with E-state index >= 15 is 0 Å². The highest BCUT2D eigenvalue weighted by atomic mass is 16.3. The predicted molar refractivity (Wildman–Crippen MR) is 60.5 cm³/mol. The molecule has 0 aliphatic heterocycles. The number of rotatable bonds is 2. The molecule has 0 aliphatic rings. The van der Waals surface area contributed by atoms with Crippen molar-refractivity contribution < 1.29 is 5.11 Å². The van der Waals surface area contributed by atoms with Gasteiger partial charge in [0.15, 0.2) is 0 Å². The molecule has 0 amide bonds. The standard InChI is InChI=1S/C12H14N2O/c1-8-6-10(12(15)7-13)9-4-2-3-5-11(9)14-8/h2-6,12,15H,7,13H2,1H3/t12-/m1/s1. The summed E-state index contributed by atoms with van der Waals surface area (Å²) in [5.74, 6) is 0. The fourth-order valence-corrected chi connectivity index (χ4v) is 1.74. The molecule has 1 heterocycles. The van der Waals surface area contributed by atoms with Crippen molar-refractivity contribution in [1.82, 2.24) is 4.98 Å². The van der Waals surface area contributed by atoms with Crippen LogP contribution in [-0.2, 0) is 0 Å². The summed E-state index contributed by atoms with van der Waals surface area (Å²) in [7, 11) is 0. The van der Waals surface area contributed by atoms with Crippen LogP contribution in [0.2, 0.25) is 0 Å². The highest BCUT2D eigenvalue weighted by molar-refractivity contribution is 5.82. The number of aliphatic hydroxyl groups excluding tert-OH is 1. The monoisotopic (exact) mass is 202 g/mol. The van der Waals surface area contributed by atoms with Crippen molar-refractivity contribution in [3.05, 3.63) is 41.6 Å². The second kappa shape index (κ2) is 3.96. The Labute approximate surface area is 88.6 Å². The van der Waals surface area contributed by atoms with E-state index in [0.29, 0.717) is 0 Å². The normalized spacial score (nSPS) is 13.0. The molecule has 0 bridgehead atoms. The number of pyridine rings is 1. The number of aliphatic hydroxyl groups is 1. The number of benzene rings is 1. The van der Waals surface area contributed by atoms with E-state index in [1.165, 1.54) is 0 Å². The molecule has 2 rings (SSSR count). The molecule has 0 aliphatic carbocycles. The lowest BCUT2D eigenvalue weighted by atomic mass is 10.0. The third-order valence-electron chi connectivity index (χ3n) is 2.46. The van der Waals surface area contributed by atoms with Gasteiger partial charge in [-0.25, -0.2) is 0 Å². The Hall–Kier alpha value is -1.45. The van der Waals surface area contributed by atoms with Gasteiger partial charge in [0, 0.05) is 17.6 Å². The van der Waals surface area contributed by atoms with Gasteiger partial charge in [0.05, 0.1) is 11.6 Å². The summed E-state index contributed by atoms with van der Waals surface area (Å²) in [6.07, 6.45) is -0.614. The SMILES string of the molecule is Cc1cc([C@H](O)CN)c2ccccc2n1. The molecule has 0 saturated heterocycles. The van der Waals surface area contributed by atoms with Crippen LogP contribution in [0.4, 0.5) is 0 Å². The topological polar surface area (TPSA) is 59.1 Å². The van der Waals surface area contributed by atoms with Crippen molar-refractivity contribution in [3.63, 3.8) is 0 Å². The van der Waals surface area contributed by atoms with Crippen molar-refractivity contribution in [2.24, 2.45) is 5.73 Å². The lowest BCUT2D eigenvalue weighted by Crippen LogP contribution is -2.12. The van der Waals surface area contributed by atoms with E-state index in [4.69, 9.17) is 5.73 Å². The van der Waals surface area contributed by atoms with Crippen molar-refractivity contribution >= 4 is 10.9 Å². The molecule has 1 atom stereocenters. The van der Waals surface area contributed by atoms with Crippen LogP contribution < -0.4 is 5.73 Å². The lowest BCUT2D eigenvalue weighted by Gasteiger charge is -2.12. The minimum Gasteiger partial charge on any atom is -0.387 e. The molecule has 0 saturated carbocycles. The molecule has 0 unspecified atom stereocenters. The zero-order valence-corrected chi connectivity index (χ0v) is 8.64. The summed E-state index contributed by atoms with van der Waals surface area (Å²) in [5, 5.41) is 10.8. The van der Waals surface area contributed by atoms with Crippen LogP contribution in [0.3, 0.4) is 0 Å². The number of hydrogen-bond donors (Lipinski definition) is 2. The number of para-hydroxylation sites is 1. The summed E-state index contributed by atoms with van der Waals surface area (Å²) in [4.78, 5) is 4.40. The third kappa shape index (κ3) is 1.84. The molecule has 1 aromatic heterocycles. The smallest absolute Gasteiger partial charge is 0.0919 e. The molecule has 2 aromatic rings. The molecule has 0 fully saturated rings. The van der Waals surface area contributed by atoms with Gasteiger partial charge in [0.2, 0.25) is 0 Å². The second-order valence-corrected chi connectivity index (χ2v) is 3.62. The van der Waals surface area contributed by atoms with Crippen LogP contribution in [0.15, 0.2) is 30.3 Å². The lowest BCUT2D eigenvalue weighted by molar-refractivity contribution is 0.188. The van der Waals surface area contributed by atoms with Crippen molar-refractivity contribution in [2.45, 2.75) is 13.0 Å². The number of hydrogen-bond acceptors (Lipinski definition) is 3. The molecule has 3 N–H and O–H groups in total. The maximum Gasteiger partial charge on any atom is 0.0919 e. The Morgan fingerprint density at radius 2 is 2.13 bits per heavy atom. The Balaban J connectivity index is 2.71. The van der Waals surface area contributed by atoms with Gasteiger partial charge >= 0.3 is 0 Å². The highest BCUT2D eigenvalue weighted by Gasteiger charge is 2.10. The van der Waals surface area contributed by atoms with Crippen LogP contribution in [0.25, 0.3) is 10.9 Å². The first-order valence-corrected chi connectivity index (χ1v) is 4.97. The molecular weight excluding hydrogens is 188 g/mol. The van der Waals surface area contributed by atoms with Crippen molar-refractivity contribution in [3.8, 4) is 0 Å². The third-order valence-corrected chi connectivity index (χ3v) is 2.46. The molecule has 0 radical (unpaired) electrons. The maximum absolute atomic E-state index is 9.80. The first kappa shape index (κ1) is 10.1. The van der Waals surface area contributed by atoms with Crippen LogP contribution in [0.5, 0.6) is 0 Å². The van der Waals surface area contributed by atoms with Gasteiger partial charge in [-0.1, -0.05) is 18.2 Å².